The number of hydrogen-bond acceptors (Lipinski definition) is 6. The summed E-state index contributed by atoms with van der Waals surface area (Å²) in [6, 6.07) is 0.0239. The van der Waals surface area contributed by atoms with E-state index in [1.54, 1.807) is 0 Å². The average Bonchev–Trinajstić information content (AvgIpc) is 2.78. The van der Waals surface area contributed by atoms with Crippen LogP contribution >= 0.6 is 0 Å². The highest BCUT2D eigenvalue weighted by atomic mass is 16.5. The van der Waals surface area contributed by atoms with Crippen LogP contribution in [0, 0.1) is 0 Å². The Labute approximate surface area is 102 Å². The van der Waals surface area contributed by atoms with Gasteiger partial charge in [-0.3, -0.25) is 0 Å². The van der Waals surface area contributed by atoms with Gasteiger partial charge in [-0.1, -0.05) is 6.92 Å². The van der Waals surface area contributed by atoms with Gasteiger partial charge in [-0.15, -0.1) is 0 Å². The summed E-state index contributed by atoms with van der Waals surface area (Å²) in [6.07, 6.45) is 0. The van der Waals surface area contributed by atoms with E-state index in [0.717, 1.165) is 26.2 Å². The second-order valence-corrected chi connectivity index (χ2v) is 4.87. The lowest BCUT2D eigenvalue weighted by molar-refractivity contribution is 0.307. The molecule has 0 bridgehead atoms. The van der Waals surface area contributed by atoms with Crippen molar-refractivity contribution < 1.29 is 4.52 Å². The van der Waals surface area contributed by atoms with Gasteiger partial charge in [0.05, 0.1) is 5.92 Å². The summed E-state index contributed by atoms with van der Waals surface area (Å²) in [4.78, 5) is 8.88. The fourth-order valence-corrected chi connectivity index (χ4v) is 1.77. The number of nitrogens with zero attached hydrogens (tertiary/aromatic N) is 4. The van der Waals surface area contributed by atoms with Crippen LogP contribution in [-0.2, 0) is 0 Å². The first-order valence-corrected chi connectivity index (χ1v) is 6.10. The lowest BCUT2D eigenvalue weighted by Gasteiger charge is -2.31. The lowest BCUT2D eigenvalue weighted by Crippen LogP contribution is -2.44. The molecule has 0 saturated carbocycles. The third-order valence-corrected chi connectivity index (χ3v) is 3.40. The zero-order valence-electron chi connectivity index (χ0n) is 10.8. The zero-order valence-corrected chi connectivity index (χ0v) is 10.8. The third kappa shape index (κ3) is 2.76. The topological polar surface area (TPSA) is 71.4 Å². The number of rotatable bonds is 3. The molecule has 2 N–H and O–H groups in total. The van der Waals surface area contributed by atoms with Crippen molar-refractivity contribution in [3.63, 3.8) is 0 Å². The summed E-state index contributed by atoms with van der Waals surface area (Å²) in [5.74, 6) is 1.43. The van der Waals surface area contributed by atoms with E-state index in [-0.39, 0.29) is 12.0 Å². The molecule has 2 rings (SSSR count). The molecule has 1 aromatic rings. The Morgan fingerprint density at radius 3 is 2.47 bits per heavy atom. The molecule has 6 heteroatoms. The summed E-state index contributed by atoms with van der Waals surface area (Å²) in [5.41, 5.74) is 5.83. The van der Waals surface area contributed by atoms with E-state index in [9.17, 15) is 0 Å². The lowest BCUT2D eigenvalue weighted by atomic mass is 10.1. The number of nitrogens with two attached hydrogens (primary N) is 1. The first-order valence-electron chi connectivity index (χ1n) is 6.10. The molecule has 0 aliphatic carbocycles. The molecule has 2 atom stereocenters. The van der Waals surface area contributed by atoms with Crippen LogP contribution in [0.3, 0.4) is 0 Å². The van der Waals surface area contributed by atoms with Gasteiger partial charge in [-0.25, -0.2) is 0 Å². The molecule has 96 valence electrons. The van der Waals surface area contributed by atoms with Crippen LogP contribution in [0.15, 0.2) is 4.52 Å². The zero-order chi connectivity index (χ0) is 12.4. The van der Waals surface area contributed by atoms with Crippen molar-refractivity contribution in [3.05, 3.63) is 5.89 Å². The molecule has 1 fully saturated rings. The van der Waals surface area contributed by atoms with Crippen molar-refractivity contribution >= 4 is 5.95 Å². The van der Waals surface area contributed by atoms with E-state index < -0.39 is 0 Å². The Hall–Kier alpha value is -1.14. The molecular weight excluding hydrogens is 218 g/mol. The molecule has 0 radical (unpaired) electrons. The van der Waals surface area contributed by atoms with E-state index in [1.807, 2.05) is 13.8 Å². The van der Waals surface area contributed by atoms with Gasteiger partial charge in [0, 0.05) is 32.2 Å². The van der Waals surface area contributed by atoms with Crippen molar-refractivity contribution in [2.75, 3.05) is 38.1 Å². The predicted molar refractivity (Wildman–Crippen MR) is 66.1 cm³/mol. The van der Waals surface area contributed by atoms with Crippen LogP contribution in [0.4, 0.5) is 5.95 Å². The van der Waals surface area contributed by atoms with E-state index in [1.165, 1.54) is 0 Å². The van der Waals surface area contributed by atoms with Crippen LogP contribution < -0.4 is 10.6 Å². The van der Waals surface area contributed by atoms with Gasteiger partial charge >= 0.3 is 0 Å². The van der Waals surface area contributed by atoms with Crippen molar-refractivity contribution in [1.82, 2.24) is 15.0 Å². The van der Waals surface area contributed by atoms with Gasteiger partial charge in [0.15, 0.2) is 0 Å². The van der Waals surface area contributed by atoms with Crippen molar-refractivity contribution in [2.45, 2.75) is 25.8 Å². The van der Waals surface area contributed by atoms with Gasteiger partial charge in [0.25, 0.3) is 5.95 Å². The molecule has 1 aliphatic rings. The van der Waals surface area contributed by atoms with Gasteiger partial charge < -0.3 is 20.1 Å². The number of likely N-dealkylation sites (N-methyl/N-ethyl adjacent to an activating group) is 1. The Balaban J connectivity index is 2.03. The van der Waals surface area contributed by atoms with Crippen LogP contribution in [0.1, 0.15) is 25.7 Å². The van der Waals surface area contributed by atoms with Crippen molar-refractivity contribution in [2.24, 2.45) is 5.73 Å². The highest BCUT2D eigenvalue weighted by molar-refractivity contribution is 5.29. The highest BCUT2D eigenvalue weighted by Crippen LogP contribution is 2.19. The monoisotopic (exact) mass is 239 g/mol. The number of piperazine rings is 1. The average molecular weight is 239 g/mol. The van der Waals surface area contributed by atoms with Gasteiger partial charge in [0.1, 0.15) is 0 Å². The molecule has 6 nitrogen and oxygen atoms in total. The number of anilines is 1. The molecule has 2 heterocycles. The van der Waals surface area contributed by atoms with E-state index in [2.05, 4.69) is 27.0 Å². The maximum absolute atomic E-state index is 5.83. The largest absolute Gasteiger partial charge is 0.337 e. The Morgan fingerprint density at radius 2 is 1.88 bits per heavy atom. The molecule has 0 aromatic carbocycles. The quantitative estimate of drug-likeness (QED) is 0.816. The number of hydrogen-bond donors (Lipinski definition) is 1. The second kappa shape index (κ2) is 5.01. The van der Waals surface area contributed by atoms with E-state index >= 15 is 0 Å². The van der Waals surface area contributed by atoms with Gasteiger partial charge in [0.2, 0.25) is 5.89 Å². The molecule has 1 aliphatic heterocycles. The Bertz CT molecular complexity index is 356. The normalized spacial score (nSPS) is 21.5. The molecule has 2 unspecified atom stereocenters. The summed E-state index contributed by atoms with van der Waals surface area (Å²) < 4.78 is 5.27. The molecule has 0 spiro atoms. The summed E-state index contributed by atoms with van der Waals surface area (Å²) in [6.45, 7) is 7.92. The van der Waals surface area contributed by atoms with Crippen LogP contribution in [0.2, 0.25) is 0 Å². The van der Waals surface area contributed by atoms with Crippen LogP contribution in [-0.4, -0.2) is 54.3 Å². The smallest absolute Gasteiger partial charge is 0.266 e. The molecular formula is C11H21N5O. The predicted octanol–water partition coefficient (Wildman–Crippen LogP) is 0.272. The van der Waals surface area contributed by atoms with Crippen molar-refractivity contribution in [1.29, 1.82) is 0 Å². The van der Waals surface area contributed by atoms with Crippen LogP contribution in [0.5, 0.6) is 0 Å². The van der Waals surface area contributed by atoms with Gasteiger partial charge in [-0.05, 0) is 19.1 Å². The molecule has 1 saturated heterocycles. The fourth-order valence-electron chi connectivity index (χ4n) is 1.77. The number of aromatic nitrogens is 2. The minimum Gasteiger partial charge on any atom is -0.337 e. The maximum atomic E-state index is 5.83. The summed E-state index contributed by atoms with van der Waals surface area (Å²) in [5, 5.41) is 4.03. The summed E-state index contributed by atoms with van der Waals surface area (Å²) >= 11 is 0. The standard InChI is InChI=1S/C11H21N5O/c1-8(9(2)12)10-13-11(14-17-10)16-6-4-15(3)5-7-16/h8-9H,4-7,12H2,1-3H3. The molecule has 17 heavy (non-hydrogen) atoms. The Morgan fingerprint density at radius 1 is 1.24 bits per heavy atom. The highest BCUT2D eigenvalue weighted by Gasteiger charge is 2.22. The van der Waals surface area contributed by atoms with E-state index in [4.69, 9.17) is 10.3 Å². The molecule has 1 aromatic heterocycles. The third-order valence-electron chi connectivity index (χ3n) is 3.40. The fraction of sp³-hybridized carbons (Fsp3) is 0.818. The SMILES string of the molecule is CC(N)C(C)c1nc(N2CCN(C)CC2)no1. The minimum atomic E-state index is 0.0239. The Kier molecular flexibility index (Phi) is 3.63. The first kappa shape index (κ1) is 12.3. The minimum absolute atomic E-state index is 0.0239. The van der Waals surface area contributed by atoms with E-state index in [0.29, 0.717) is 11.8 Å². The first-order chi connectivity index (χ1) is 8.08. The van der Waals surface area contributed by atoms with Crippen molar-refractivity contribution in [3.8, 4) is 0 Å². The second-order valence-electron chi connectivity index (χ2n) is 4.87. The summed E-state index contributed by atoms with van der Waals surface area (Å²) in [7, 11) is 2.12. The van der Waals surface area contributed by atoms with Crippen LogP contribution in [0.25, 0.3) is 0 Å². The maximum Gasteiger partial charge on any atom is 0.266 e. The van der Waals surface area contributed by atoms with Gasteiger partial charge in [-0.2, -0.15) is 4.98 Å². The molecule has 0 amide bonds.